The van der Waals surface area contributed by atoms with Crippen molar-refractivity contribution in [2.45, 2.75) is 42.7 Å². The maximum atomic E-state index is 13.7. The van der Waals surface area contributed by atoms with Gasteiger partial charge >= 0.3 is 0 Å². The van der Waals surface area contributed by atoms with Gasteiger partial charge in [0.2, 0.25) is 15.9 Å². The van der Waals surface area contributed by atoms with Gasteiger partial charge in [-0.2, -0.15) is 4.31 Å². The molecule has 188 valence electrons. The van der Waals surface area contributed by atoms with E-state index in [2.05, 4.69) is 17.4 Å². The van der Waals surface area contributed by atoms with Crippen LogP contribution in [0, 0.1) is 5.92 Å². The van der Waals surface area contributed by atoms with E-state index in [9.17, 15) is 13.2 Å². The number of carbonyl (C=O) groups is 1. The first-order valence-electron chi connectivity index (χ1n) is 12.7. The Morgan fingerprint density at radius 1 is 0.750 bits per heavy atom. The van der Waals surface area contributed by atoms with E-state index in [1.54, 1.807) is 28.6 Å². The van der Waals surface area contributed by atoms with Crippen molar-refractivity contribution in [3.05, 3.63) is 96.6 Å². The normalized spacial score (nSPS) is 21.7. The molecule has 0 aliphatic carbocycles. The number of piperidine rings is 2. The van der Waals surface area contributed by atoms with E-state index in [-0.39, 0.29) is 29.3 Å². The average molecular weight is 504 g/mol. The summed E-state index contributed by atoms with van der Waals surface area (Å²) in [7, 11) is -3.75. The molecule has 0 aromatic heterocycles. The maximum absolute atomic E-state index is 13.7. The molecular formula is C29H33N3O3S. The summed E-state index contributed by atoms with van der Waals surface area (Å²) in [5.74, 6) is -0.255. The zero-order valence-corrected chi connectivity index (χ0v) is 21.2. The number of carbonyl (C=O) groups excluding carboxylic acids is 1. The average Bonchev–Trinajstić information content (AvgIpc) is 2.94. The van der Waals surface area contributed by atoms with Gasteiger partial charge in [0.05, 0.1) is 16.9 Å². The van der Waals surface area contributed by atoms with Gasteiger partial charge in [0, 0.05) is 31.4 Å². The number of hydrogen-bond donors (Lipinski definition) is 1. The van der Waals surface area contributed by atoms with Crippen molar-refractivity contribution < 1.29 is 13.2 Å². The van der Waals surface area contributed by atoms with Crippen LogP contribution in [-0.4, -0.2) is 49.2 Å². The minimum Gasteiger partial charge on any atom is -0.382 e. The predicted octanol–water partition coefficient (Wildman–Crippen LogP) is 4.93. The second kappa shape index (κ2) is 10.8. The number of hydrogen-bond acceptors (Lipinski definition) is 4. The third-order valence-corrected chi connectivity index (χ3v) is 9.26. The molecule has 2 aliphatic heterocycles. The Hall–Kier alpha value is -3.16. The lowest BCUT2D eigenvalue weighted by Crippen LogP contribution is -2.50. The fraction of sp³-hybridized carbons (Fsp3) is 0.345. The van der Waals surface area contributed by atoms with E-state index >= 15 is 0 Å². The van der Waals surface area contributed by atoms with E-state index in [1.165, 1.54) is 0 Å². The summed E-state index contributed by atoms with van der Waals surface area (Å²) < 4.78 is 29.0. The van der Waals surface area contributed by atoms with Gasteiger partial charge in [-0.15, -0.1) is 0 Å². The summed E-state index contributed by atoms with van der Waals surface area (Å²) in [4.78, 5) is 15.8. The molecule has 7 heteroatoms. The molecule has 0 saturated carbocycles. The highest BCUT2D eigenvalue weighted by atomic mass is 32.2. The third kappa shape index (κ3) is 5.32. The molecule has 2 heterocycles. The van der Waals surface area contributed by atoms with Crippen molar-refractivity contribution in [2.24, 2.45) is 5.92 Å². The Kier molecular flexibility index (Phi) is 7.39. The number of para-hydroxylation sites is 1. The Labute approximate surface area is 214 Å². The van der Waals surface area contributed by atoms with Crippen molar-refractivity contribution in [3.63, 3.8) is 0 Å². The molecule has 3 aromatic rings. The molecule has 36 heavy (non-hydrogen) atoms. The van der Waals surface area contributed by atoms with Gasteiger partial charge in [0.25, 0.3) is 0 Å². The number of nitrogens with one attached hydrogen (secondary N) is 1. The fourth-order valence-corrected chi connectivity index (χ4v) is 7.12. The molecule has 5 rings (SSSR count). The van der Waals surface area contributed by atoms with Crippen molar-refractivity contribution in [1.82, 2.24) is 9.21 Å². The largest absolute Gasteiger partial charge is 0.382 e. The van der Waals surface area contributed by atoms with E-state index in [0.29, 0.717) is 32.0 Å². The van der Waals surface area contributed by atoms with Gasteiger partial charge in [0.15, 0.2) is 0 Å². The molecule has 0 spiro atoms. The lowest BCUT2D eigenvalue weighted by molar-refractivity contribution is -0.138. The van der Waals surface area contributed by atoms with Crippen LogP contribution >= 0.6 is 0 Å². The Morgan fingerprint density at radius 3 is 1.97 bits per heavy atom. The summed E-state index contributed by atoms with van der Waals surface area (Å²) in [6.07, 6.45) is 3.07. The van der Waals surface area contributed by atoms with Crippen molar-refractivity contribution in [3.8, 4) is 0 Å². The Balaban J connectivity index is 1.30. The van der Waals surface area contributed by atoms with E-state index in [1.807, 2.05) is 59.5 Å². The van der Waals surface area contributed by atoms with Gasteiger partial charge in [-0.1, -0.05) is 66.7 Å². The van der Waals surface area contributed by atoms with Crippen LogP contribution in [0.25, 0.3) is 0 Å². The number of nitrogens with zero attached hydrogens (tertiary/aromatic N) is 2. The monoisotopic (exact) mass is 503 g/mol. The van der Waals surface area contributed by atoms with Crippen LogP contribution in [0.5, 0.6) is 0 Å². The number of sulfonamides is 1. The topological polar surface area (TPSA) is 69.7 Å². The molecule has 2 saturated heterocycles. The van der Waals surface area contributed by atoms with Crippen LogP contribution in [0.15, 0.2) is 95.9 Å². The summed E-state index contributed by atoms with van der Waals surface area (Å²) in [6.45, 7) is 1.58. The highest BCUT2D eigenvalue weighted by Crippen LogP contribution is 2.38. The number of benzene rings is 3. The van der Waals surface area contributed by atoms with Crippen LogP contribution in [0.3, 0.4) is 0 Å². The minimum absolute atomic E-state index is 0.0768. The molecule has 1 N–H and O–H groups in total. The predicted molar refractivity (Wildman–Crippen MR) is 142 cm³/mol. The van der Waals surface area contributed by atoms with Crippen LogP contribution in [-0.2, 0) is 14.8 Å². The number of anilines is 1. The molecule has 0 bridgehead atoms. The fourth-order valence-electron chi connectivity index (χ4n) is 5.41. The van der Waals surface area contributed by atoms with Crippen LogP contribution in [0.2, 0.25) is 0 Å². The van der Waals surface area contributed by atoms with Gasteiger partial charge in [0.1, 0.15) is 0 Å². The second-order valence-electron chi connectivity index (χ2n) is 9.70. The highest BCUT2D eigenvalue weighted by Gasteiger charge is 2.41. The molecule has 1 amide bonds. The smallest absolute Gasteiger partial charge is 0.243 e. The first kappa shape index (κ1) is 24.5. The molecule has 2 atom stereocenters. The minimum atomic E-state index is -3.75. The summed E-state index contributed by atoms with van der Waals surface area (Å²) >= 11 is 0. The van der Waals surface area contributed by atoms with E-state index < -0.39 is 10.0 Å². The van der Waals surface area contributed by atoms with Crippen molar-refractivity contribution in [1.29, 1.82) is 0 Å². The molecule has 3 aromatic carbocycles. The number of amides is 1. The quantitative estimate of drug-likeness (QED) is 0.518. The number of rotatable bonds is 6. The van der Waals surface area contributed by atoms with Crippen LogP contribution in [0.1, 0.15) is 37.3 Å². The van der Waals surface area contributed by atoms with Gasteiger partial charge in [-0.05, 0) is 55.5 Å². The molecular weight excluding hydrogens is 470 g/mol. The first-order valence-corrected chi connectivity index (χ1v) is 14.2. The van der Waals surface area contributed by atoms with Crippen molar-refractivity contribution in [2.75, 3.05) is 25.0 Å². The highest BCUT2D eigenvalue weighted by molar-refractivity contribution is 7.89. The number of likely N-dealkylation sites (tertiary alicyclic amines) is 1. The zero-order valence-electron chi connectivity index (χ0n) is 20.4. The maximum Gasteiger partial charge on any atom is 0.243 e. The zero-order chi connectivity index (χ0) is 25.0. The standard InChI is InChI=1S/C29H33N3O3S/c33-29(31-20-18-26(19-21-31)30-25-12-6-2-7-13-25)24-16-17-28(23-10-4-1-5-11-23)32(22-24)36(34,35)27-14-8-3-9-15-27/h1-15,24,26,28,30H,16-22H2/t24-,28-/m1/s1. The molecule has 0 radical (unpaired) electrons. The van der Waals surface area contributed by atoms with Gasteiger partial charge < -0.3 is 10.2 Å². The van der Waals surface area contributed by atoms with E-state index in [4.69, 9.17) is 0 Å². The summed E-state index contributed by atoms with van der Waals surface area (Å²) in [6, 6.07) is 28.5. The van der Waals surface area contributed by atoms with Crippen LogP contribution < -0.4 is 5.32 Å². The molecule has 6 nitrogen and oxygen atoms in total. The Morgan fingerprint density at radius 2 is 1.33 bits per heavy atom. The molecule has 0 unspecified atom stereocenters. The molecule has 2 aliphatic rings. The lowest BCUT2D eigenvalue weighted by atomic mass is 9.89. The SMILES string of the molecule is O=C([C@@H]1CC[C@H](c2ccccc2)N(S(=O)(=O)c2ccccc2)C1)N1CCC(Nc2ccccc2)CC1. The second-order valence-corrected chi connectivity index (χ2v) is 11.6. The third-order valence-electron chi connectivity index (χ3n) is 7.37. The van der Waals surface area contributed by atoms with E-state index in [0.717, 1.165) is 24.1 Å². The summed E-state index contributed by atoms with van der Waals surface area (Å²) in [5, 5.41) is 3.56. The first-order chi connectivity index (χ1) is 17.5. The van der Waals surface area contributed by atoms with Crippen molar-refractivity contribution >= 4 is 21.6 Å². The summed E-state index contributed by atoms with van der Waals surface area (Å²) in [5.41, 5.74) is 2.07. The van der Waals surface area contributed by atoms with Gasteiger partial charge in [-0.3, -0.25) is 4.79 Å². The van der Waals surface area contributed by atoms with Gasteiger partial charge in [-0.25, -0.2) is 8.42 Å². The Bertz CT molecular complexity index is 1240. The van der Waals surface area contributed by atoms with Crippen LogP contribution in [0.4, 0.5) is 5.69 Å². The molecule has 2 fully saturated rings. The lowest BCUT2D eigenvalue weighted by Gasteiger charge is -2.41.